The first-order chi connectivity index (χ1) is 26.0. The Kier molecular flexibility index (Phi) is 15.3. The predicted molar refractivity (Wildman–Crippen MR) is 200 cm³/mol. The molecule has 0 radical (unpaired) electrons. The van der Waals surface area contributed by atoms with Crippen molar-refractivity contribution in [2.75, 3.05) is 26.4 Å². The zero-order valence-corrected chi connectivity index (χ0v) is 30.2. The van der Waals surface area contributed by atoms with E-state index in [1.165, 1.54) is 24.3 Å². The molecule has 2 atom stereocenters. The third-order valence-corrected chi connectivity index (χ3v) is 7.99. The van der Waals surface area contributed by atoms with Crippen molar-refractivity contribution in [3.05, 3.63) is 139 Å². The lowest BCUT2D eigenvalue weighted by molar-refractivity contribution is -0.139. The Morgan fingerprint density at radius 1 is 0.500 bits per heavy atom. The highest BCUT2D eigenvalue weighted by molar-refractivity contribution is 5.93. The molecule has 4 aromatic rings. The first kappa shape index (κ1) is 40.3. The highest BCUT2D eigenvalue weighted by atomic mass is 16.6. The van der Waals surface area contributed by atoms with Crippen LogP contribution in [-0.2, 0) is 23.8 Å². The zero-order valence-electron chi connectivity index (χ0n) is 30.2. The quantitative estimate of drug-likeness (QED) is 0.0403. The second-order valence-electron chi connectivity index (χ2n) is 12.4. The second kappa shape index (κ2) is 20.5. The van der Waals surface area contributed by atoms with E-state index in [0.717, 1.165) is 23.3 Å². The summed E-state index contributed by atoms with van der Waals surface area (Å²) >= 11 is 0. The molecule has 280 valence electrons. The van der Waals surface area contributed by atoms with Crippen LogP contribution in [0.1, 0.15) is 57.8 Å². The molecule has 0 fully saturated rings. The van der Waals surface area contributed by atoms with E-state index >= 15 is 0 Å². The van der Waals surface area contributed by atoms with Gasteiger partial charge in [-0.25, -0.2) is 24.0 Å². The molecule has 0 aromatic heterocycles. The molecule has 0 spiro atoms. The SMILES string of the molecule is C=CC(=O)OCCC(C)CCOC(=O)c1ccc(-c2ccc(OC(=O)c3ccc(OC(=O)c4ccc(OCC(C)COC(=O)C=C)cc4)cc3)cc2)cc1. The lowest BCUT2D eigenvalue weighted by Crippen LogP contribution is -2.17. The third kappa shape index (κ3) is 12.9. The van der Waals surface area contributed by atoms with Gasteiger partial charge >= 0.3 is 29.8 Å². The largest absolute Gasteiger partial charge is 0.493 e. The maximum atomic E-state index is 12.8. The van der Waals surface area contributed by atoms with Gasteiger partial charge in [-0.2, -0.15) is 0 Å². The molecule has 11 nitrogen and oxygen atoms in total. The molecule has 0 bridgehead atoms. The van der Waals surface area contributed by atoms with Crippen LogP contribution in [0.3, 0.4) is 0 Å². The van der Waals surface area contributed by atoms with Crippen molar-refractivity contribution in [3.63, 3.8) is 0 Å². The zero-order chi connectivity index (χ0) is 38.9. The Balaban J connectivity index is 1.20. The fraction of sp³-hybridized carbons (Fsp3) is 0.233. The van der Waals surface area contributed by atoms with Crippen LogP contribution in [0.2, 0.25) is 0 Å². The summed E-state index contributed by atoms with van der Waals surface area (Å²) in [6.45, 7) is 11.6. The summed E-state index contributed by atoms with van der Waals surface area (Å²) in [5.74, 6) is -1.25. The molecule has 54 heavy (non-hydrogen) atoms. The molecule has 0 saturated carbocycles. The van der Waals surface area contributed by atoms with Gasteiger partial charge in [-0.3, -0.25) is 0 Å². The van der Waals surface area contributed by atoms with Gasteiger partial charge in [-0.1, -0.05) is 51.3 Å². The van der Waals surface area contributed by atoms with E-state index in [-0.39, 0.29) is 43.0 Å². The van der Waals surface area contributed by atoms with Crippen molar-refractivity contribution in [1.82, 2.24) is 0 Å². The van der Waals surface area contributed by atoms with Gasteiger partial charge < -0.3 is 28.4 Å². The van der Waals surface area contributed by atoms with Gasteiger partial charge in [0.05, 0.1) is 43.1 Å². The lowest BCUT2D eigenvalue weighted by atomic mass is 10.0. The monoisotopic (exact) mass is 734 g/mol. The number of carbonyl (C=O) groups excluding carboxylic acids is 5. The van der Waals surface area contributed by atoms with Gasteiger partial charge in [0.1, 0.15) is 17.2 Å². The summed E-state index contributed by atoms with van der Waals surface area (Å²) in [6, 6.07) is 26.4. The summed E-state index contributed by atoms with van der Waals surface area (Å²) in [5, 5.41) is 0. The van der Waals surface area contributed by atoms with E-state index < -0.39 is 29.8 Å². The molecular weight excluding hydrogens is 692 g/mol. The number of ether oxygens (including phenoxy) is 6. The van der Waals surface area contributed by atoms with Crippen molar-refractivity contribution in [3.8, 4) is 28.4 Å². The van der Waals surface area contributed by atoms with Crippen LogP contribution in [-0.4, -0.2) is 56.3 Å². The smallest absolute Gasteiger partial charge is 0.343 e. The van der Waals surface area contributed by atoms with Gasteiger partial charge in [0, 0.05) is 18.1 Å². The Bertz CT molecular complexity index is 1900. The van der Waals surface area contributed by atoms with E-state index in [1.807, 2.05) is 26.0 Å². The molecule has 4 aromatic carbocycles. The van der Waals surface area contributed by atoms with Crippen molar-refractivity contribution in [2.45, 2.75) is 26.7 Å². The van der Waals surface area contributed by atoms with Crippen LogP contribution in [0.5, 0.6) is 17.2 Å². The van der Waals surface area contributed by atoms with Crippen LogP contribution in [0.4, 0.5) is 0 Å². The van der Waals surface area contributed by atoms with E-state index in [0.29, 0.717) is 42.1 Å². The molecular formula is C43H42O11. The Morgan fingerprint density at radius 2 is 0.907 bits per heavy atom. The fourth-order valence-electron chi connectivity index (χ4n) is 4.76. The average Bonchev–Trinajstić information content (AvgIpc) is 3.19. The summed E-state index contributed by atoms with van der Waals surface area (Å²) in [4.78, 5) is 60.3. The third-order valence-electron chi connectivity index (χ3n) is 7.99. The molecule has 2 unspecified atom stereocenters. The van der Waals surface area contributed by atoms with Crippen molar-refractivity contribution >= 4 is 29.8 Å². The van der Waals surface area contributed by atoms with Gasteiger partial charge in [-0.15, -0.1) is 0 Å². The minimum Gasteiger partial charge on any atom is -0.493 e. The first-order valence-corrected chi connectivity index (χ1v) is 17.3. The van der Waals surface area contributed by atoms with Crippen LogP contribution >= 0.6 is 0 Å². The molecule has 0 aliphatic heterocycles. The van der Waals surface area contributed by atoms with Crippen molar-refractivity contribution in [1.29, 1.82) is 0 Å². The van der Waals surface area contributed by atoms with Gasteiger partial charge in [-0.05, 0) is 103 Å². The maximum Gasteiger partial charge on any atom is 0.343 e. The highest BCUT2D eigenvalue weighted by Gasteiger charge is 2.14. The van der Waals surface area contributed by atoms with Crippen molar-refractivity contribution < 1.29 is 52.4 Å². The molecule has 0 aliphatic rings. The van der Waals surface area contributed by atoms with Crippen LogP contribution in [0.15, 0.2) is 122 Å². The van der Waals surface area contributed by atoms with Crippen molar-refractivity contribution in [2.24, 2.45) is 11.8 Å². The number of rotatable bonds is 19. The van der Waals surface area contributed by atoms with Gasteiger partial charge in [0.2, 0.25) is 0 Å². The van der Waals surface area contributed by atoms with E-state index in [9.17, 15) is 24.0 Å². The summed E-state index contributed by atoms with van der Waals surface area (Å²) in [5.41, 5.74) is 2.70. The minimum absolute atomic E-state index is 0.0434. The Morgan fingerprint density at radius 3 is 1.43 bits per heavy atom. The molecule has 0 aliphatic carbocycles. The highest BCUT2D eigenvalue weighted by Crippen LogP contribution is 2.24. The number of hydrogen-bond acceptors (Lipinski definition) is 11. The van der Waals surface area contributed by atoms with Gasteiger partial charge in [0.15, 0.2) is 0 Å². The van der Waals surface area contributed by atoms with Crippen LogP contribution in [0, 0.1) is 11.8 Å². The number of carbonyl (C=O) groups is 5. The Labute approximate surface area is 314 Å². The summed E-state index contributed by atoms with van der Waals surface area (Å²) in [7, 11) is 0. The van der Waals surface area contributed by atoms with Crippen LogP contribution in [0.25, 0.3) is 11.1 Å². The molecule has 0 heterocycles. The summed E-state index contributed by atoms with van der Waals surface area (Å²) in [6.07, 6.45) is 3.53. The first-order valence-electron chi connectivity index (χ1n) is 17.3. The van der Waals surface area contributed by atoms with Crippen LogP contribution < -0.4 is 14.2 Å². The normalized spacial score (nSPS) is 11.6. The average molecular weight is 735 g/mol. The van der Waals surface area contributed by atoms with E-state index in [2.05, 4.69) is 13.2 Å². The number of esters is 5. The molecule has 0 N–H and O–H groups in total. The molecule has 4 rings (SSSR count). The number of hydrogen-bond donors (Lipinski definition) is 0. The van der Waals surface area contributed by atoms with E-state index in [4.69, 9.17) is 28.4 Å². The number of benzene rings is 4. The fourth-order valence-corrected chi connectivity index (χ4v) is 4.76. The molecule has 0 saturated heterocycles. The minimum atomic E-state index is -0.585. The maximum absolute atomic E-state index is 12.8. The Hall–Kier alpha value is -6.49. The summed E-state index contributed by atoms with van der Waals surface area (Å²) < 4.78 is 32.1. The second-order valence-corrected chi connectivity index (χ2v) is 12.4. The molecule has 11 heteroatoms. The lowest BCUT2D eigenvalue weighted by Gasteiger charge is -2.13. The standard InChI is InChI=1S/C43H42O11/c1-5-39(44)49-25-23-29(3)24-26-50-41(46)33-9-7-31(8-10-33)32-11-19-37(20-12-32)53-43(48)35-15-21-38(22-16-35)54-42(47)34-13-17-36(18-14-34)51-27-30(4)28-52-40(45)6-2/h5-22,29-30H,1-2,23-28H2,3-4H3. The van der Waals surface area contributed by atoms with E-state index in [1.54, 1.807) is 60.7 Å². The molecule has 0 amide bonds. The predicted octanol–water partition coefficient (Wildman–Crippen LogP) is 7.84. The van der Waals surface area contributed by atoms with Gasteiger partial charge in [0.25, 0.3) is 0 Å². The topological polar surface area (TPSA) is 141 Å².